The van der Waals surface area contributed by atoms with Gasteiger partial charge in [0.1, 0.15) is 4.87 Å². The Morgan fingerprint density at radius 1 is 1.20 bits per heavy atom. The number of carbonyl (C=O) groups excluding carboxylic acids is 1. The van der Waals surface area contributed by atoms with Crippen molar-refractivity contribution in [1.29, 1.82) is 0 Å². The second-order valence-electron chi connectivity index (χ2n) is 3.91. The Morgan fingerprint density at radius 2 is 2.00 bits per heavy atom. The second kappa shape index (κ2) is 2.83. The van der Waals surface area contributed by atoms with Gasteiger partial charge in [-0.25, -0.2) is 0 Å². The van der Waals surface area contributed by atoms with Gasteiger partial charge in [-0.15, -0.1) is 11.6 Å². The van der Waals surface area contributed by atoms with E-state index >= 15 is 0 Å². The lowest BCUT2D eigenvalue weighted by Gasteiger charge is -2.27. The van der Waals surface area contributed by atoms with E-state index in [9.17, 15) is 4.79 Å². The van der Waals surface area contributed by atoms with Crippen LogP contribution in [0.1, 0.15) is 17.0 Å². The zero-order chi connectivity index (χ0) is 10.5. The first-order valence-corrected chi connectivity index (χ1v) is 5.30. The van der Waals surface area contributed by atoms with E-state index in [1.54, 1.807) is 6.08 Å². The maximum absolute atomic E-state index is 11.9. The highest BCUT2D eigenvalue weighted by Crippen LogP contribution is 2.44. The van der Waals surface area contributed by atoms with Gasteiger partial charge in [-0.1, -0.05) is 42.5 Å². The number of fused-ring (bicyclic) bond motifs is 1. The molecular weight excluding hydrogens is 208 g/mol. The van der Waals surface area contributed by atoms with Crippen LogP contribution in [0.3, 0.4) is 0 Å². The molecule has 2 unspecified atom stereocenters. The molecule has 2 heteroatoms. The SMILES string of the molecule is O=C1C=CC2C=CC1(Cl)c1ccccc12. The maximum Gasteiger partial charge on any atom is 0.184 e. The highest BCUT2D eigenvalue weighted by Gasteiger charge is 2.40. The molecule has 3 aliphatic carbocycles. The molecule has 2 atom stereocenters. The monoisotopic (exact) mass is 216 g/mol. The van der Waals surface area contributed by atoms with Gasteiger partial charge in [0.15, 0.2) is 5.78 Å². The van der Waals surface area contributed by atoms with Crippen LogP contribution < -0.4 is 0 Å². The number of halogens is 1. The summed E-state index contributed by atoms with van der Waals surface area (Å²) in [5, 5.41) is 0. The average molecular weight is 217 g/mol. The summed E-state index contributed by atoms with van der Waals surface area (Å²) >= 11 is 6.40. The van der Waals surface area contributed by atoms with Crippen LogP contribution in [0, 0.1) is 0 Å². The van der Waals surface area contributed by atoms with Gasteiger partial charge >= 0.3 is 0 Å². The van der Waals surface area contributed by atoms with E-state index in [4.69, 9.17) is 11.6 Å². The zero-order valence-corrected chi connectivity index (χ0v) is 8.74. The summed E-state index contributed by atoms with van der Waals surface area (Å²) in [4.78, 5) is 10.9. The summed E-state index contributed by atoms with van der Waals surface area (Å²) in [7, 11) is 0. The fourth-order valence-electron chi connectivity index (χ4n) is 2.24. The normalized spacial score (nSPS) is 31.5. The third-order valence-electron chi connectivity index (χ3n) is 3.06. The number of hydrogen-bond donors (Lipinski definition) is 0. The molecule has 1 aromatic carbocycles. The maximum atomic E-state index is 11.9. The van der Waals surface area contributed by atoms with Crippen molar-refractivity contribution in [3.8, 4) is 0 Å². The number of benzene rings is 1. The Labute approximate surface area is 93.1 Å². The first-order chi connectivity index (χ1) is 7.22. The van der Waals surface area contributed by atoms with Crippen molar-refractivity contribution in [2.45, 2.75) is 10.8 Å². The highest BCUT2D eigenvalue weighted by atomic mass is 35.5. The van der Waals surface area contributed by atoms with Gasteiger partial charge in [0, 0.05) is 5.92 Å². The molecule has 0 heterocycles. The van der Waals surface area contributed by atoms with E-state index in [0.29, 0.717) is 0 Å². The van der Waals surface area contributed by atoms with E-state index in [2.05, 4.69) is 0 Å². The Bertz CT molecular complexity index is 501. The first-order valence-electron chi connectivity index (χ1n) is 4.92. The Kier molecular flexibility index (Phi) is 1.68. The Balaban J connectivity index is 2.37. The van der Waals surface area contributed by atoms with Crippen LogP contribution in [-0.4, -0.2) is 5.78 Å². The summed E-state index contributed by atoms with van der Waals surface area (Å²) in [6.07, 6.45) is 7.31. The molecule has 3 aliphatic rings. The Hall–Kier alpha value is -1.34. The van der Waals surface area contributed by atoms with Crippen LogP contribution in [0.15, 0.2) is 48.6 Å². The highest BCUT2D eigenvalue weighted by molar-refractivity contribution is 6.38. The minimum Gasteiger partial charge on any atom is -0.292 e. The van der Waals surface area contributed by atoms with Gasteiger partial charge in [0.05, 0.1) is 0 Å². The minimum atomic E-state index is -0.972. The van der Waals surface area contributed by atoms with Crippen molar-refractivity contribution in [2.24, 2.45) is 0 Å². The van der Waals surface area contributed by atoms with Gasteiger partial charge < -0.3 is 0 Å². The topological polar surface area (TPSA) is 17.1 Å². The van der Waals surface area contributed by atoms with Crippen LogP contribution in [0.2, 0.25) is 0 Å². The smallest absolute Gasteiger partial charge is 0.184 e. The van der Waals surface area contributed by atoms with Crippen molar-refractivity contribution in [2.75, 3.05) is 0 Å². The largest absolute Gasteiger partial charge is 0.292 e. The molecule has 0 fully saturated rings. The fourth-order valence-corrected chi connectivity index (χ4v) is 2.55. The van der Waals surface area contributed by atoms with E-state index in [1.807, 2.05) is 42.5 Å². The molecule has 0 radical (unpaired) electrons. The van der Waals surface area contributed by atoms with Gasteiger partial charge in [0.25, 0.3) is 0 Å². The number of alkyl halides is 1. The third kappa shape index (κ3) is 1.07. The molecule has 0 saturated heterocycles. The summed E-state index contributed by atoms with van der Waals surface area (Å²) in [6, 6.07) is 7.87. The molecule has 0 spiro atoms. The molecule has 1 nitrogen and oxygen atoms in total. The molecule has 2 bridgehead atoms. The minimum absolute atomic E-state index is 0.0483. The van der Waals surface area contributed by atoms with Crippen LogP contribution in [0.25, 0.3) is 0 Å². The van der Waals surface area contributed by atoms with Crippen molar-refractivity contribution >= 4 is 17.4 Å². The Morgan fingerprint density at radius 3 is 2.87 bits per heavy atom. The van der Waals surface area contributed by atoms with Crippen LogP contribution in [-0.2, 0) is 9.67 Å². The predicted molar refractivity (Wildman–Crippen MR) is 60.0 cm³/mol. The van der Waals surface area contributed by atoms with Gasteiger partial charge in [-0.3, -0.25) is 4.79 Å². The lowest BCUT2D eigenvalue weighted by molar-refractivity contribution is -0.116. The lowest BCUT2D eigenvalue weighted by Crippen LogP contribution is -2.28. The molecule has 1 aromatic rings. The van der Waals surface area contributed by atoms with Gasteiger partial charge in [-0.2, -0.15) is 0 Å². The summed E-state index contributed by atoms with van der Waals surface area (Å²) in [5.41, 5.74) is 2.06. The second-order valence-corrected chi connectivity index (χ2v) is 4.50. The molecule has 0 saturated carbocycles. The van der Waals surface area contributed by atoms with Crippen molar-refractivity contribution < 1.29 is 4.79 Å². The molecule has 15 heavy (non-hydrogen) atoms. The van der Waals surface area contributed by atoms with Crippen LogP contribution in [0.4, 0.5) is 0 Å². The van der Waals surface area contributed by atoms with Gasteiger partial charge in [-0.05, 0) is 17.2 Å². The number of ketones is 1. The summed E-state index contributed by atoms with van der Waals surface area (Å²) < 4.78 is 0. The number of allylic oxidation sites excluding steroid dienone is 4. The number of hydrogen-bond acceptors (Lipinski definition) is 1. The van der Waals surface area contributed by atoms with Crippen LogP contribution in [0.5, 0.6) is 0 Å². The molecule has 0 aromatic heterocycles. The summed E-state index contributed by atoms with van der Waals surface area (Å²) in [5.74, 6) is 0.146. The third-order valence-corrected chi connectivity index (χ3v) is 3.57. The fraction of sp³-hybridized carbons (Fsp3) is 0.154. The molecular formula is C13H9ClO. The number of rotatable bonds is 0. The standard InChI is InChI=1S/C13H9ClO/c14-13-8-7-9(5-6-12(13)15)10-3-1-2-4-11(10)13/h1-9H. The molecule has 0 aliphatic heterocycles. The van der Waals surface area contributed by atoms with Crippen molar-refractivity contribution in [1.82, 2.24) is 0 Å². The predicted octanol–water partition coefficient (Wildman–Crippen LogP) is 2.91. The van der Waals surface area contributed by atoms with Gasteiger partial charge in [0.2, 0.25) is 0 Å². The zero-order valence-electron chi connectivity index (χ0n) is 7.98. The van der Waals surface area contributed by atoms with Crippen LogP contribution >= 0.6 is 11.6 Å². The van der Waals surface area contributed by atoms with Crippen molar-refractivity contribution in [3.05, 3.63) is 59.7 Å². The van der Waals surface area contributed by atoms with E-state index in [1.165, 1.54) is 0 Å². The molecule has 74 valence electrons. The first kappa shape index (κ1) is 8.93. The molecule has 0 N–H and O–H groups in total. The molecule has 4 rings (SSSR count). The number of carbonyl (C=O) groups is 1. The summed E-state index contributed by atoms with van der Waals surface area (Å²) in [6.45, 7) is 0. The average Bonchev–Trinajstić information content (AvgIpc) is 2.47. The lowest BCUT2D eigenvalue weighted by atomic mass is 9.82. The quantitative estimate of drug-likeness (QED) is 0.482. The van der Waals surface area contributed by atoms with E-state index in [-0.39, 0.29) is 11.7 Å². The van der Waals surface area contributed by atoms with Crippen molar-refractivity contribution in [3.63, 3.8) is 0 Å². The van der Waals surface area contributed by atoms with E-state index in [0.717, 1.165) is 11.1 Å². The van der Waals surface area contributed by atoms with E-state index < -0.39 is 4.87 Å². The molecule has 0 amide bonds.